The molecule has 14 nitrogen and oxygen atoms in total. The second-order valence-corrected chi connectivity index (χ2v) is 17.1. The number of esters is 2. The first kappa shape index (κ1) is 43.2. The second-order valence-electron chi connectivity index (χ2n) is 17.1. The summed E-state index contributed by atoms with van der Waals surface area (Å²) in [5, 5.41) is 40.7. The predicted molar refractivity (Wildman–Crippen MR) is 233 cm³/mol. The Hall–Kier alpha value is -5.41. The zero-order chi connectivity index (χ0) is 44.1. The summed E-state index contributed by atoms with van der Waals surface area (Å²) in [7, 11) is 4.53. The number of Topliss-reactive ketones (excluding diaryl/α,β-unsaturated/α-hetero) is 1. The number of hydrogen-bond donors (Lipinski definition) is 4. The van der Waals surface area contributed by atoms with E-state index in [0.29, 0.717) is 105 Å². The molecule has 5 aromatic carbocycles. The summed E-state index contributed by atoms with van der Waals surface area (Å²) in [4.78, 5) is 69.2. The minimum Gasteiger partial charge on any atom is -0.507 e. The monoisotopic (exact) mass is 851 g/mol. The number of aromatic hydroxyl groups is 1. The molecule has 5 atom stereocenters. The summed E-state index contributed by atoms with van der Waals surface area (Å²) >= 11 is 0. The molecule has 2 saturated carbocycles. The van der Waals surface area contributed by atoms with Crippen LogP contribution < -0.4 is 20.9 Å². The molecule has 5 unspecified atom stereocenters. The van der Waals surface area contributed by atoms with Crippen LogP contribution in [0.25, 0.3) is 49.2 Å². The maximum atomic E-state index is 14.7. The normalized spacial score (nSPS) is 21.0. The number of phenols is 1. The van der Waals surface area contributed by atoms with Gasteiger partial charge in [-0.3, -0.25) is 24.0 Å². The lowest BCUT2D eigenvalue weighted by molar-refractivity contribution is -0.150. The summed E-state index contributed by atoms with van der Waals surface area (Å²) in [6.45, 7) is 3.01. The van der Waals surface area contributed by atoms with Crippen LogP contribution >= 0.6 is 0 Å². The molecule has 0 saturated heterocycles. The number of benzene rings is 5. The quantitative estimate of drug-likeness (QED) is 0.0413. The molecule has 3 aliphatic rings. The molecule has 8 rings (SSSR count). The van der Waals surface area contributed by atoms with Gasteiger partial charge in [-0.25, -0.2) is 0 Å². The Morgan fingerprint density at radius 1 is 0.726 bits per heavy atom. The van der Waals surface area contributed by atoms with Gasteiger partial charge in [0.2, 0.25) is 0 Å². The number of rotatable bonds is 16. The largest absolute Gasteiger partial charge is 0.507 e. The van der Waals surface area contributed by atoms with Crippen LogP contribution in [0.5, 0.6) is 11.5 Å². The summed E-state index contributed by atoms with van der Waals surface area (Å²) in [6, 6.07) is 2.34. The lowest BCUT2D eigenvalue weighted by Crippen LogP contribution is -2.23. The van der Waals surface area contributed by atoms with Crippen LogP contribution in [0.15, 0.2) is 27.3 Å². The lowest BCUT2D eigenvalue weighted by Gasteiger charge is -2.28. The molecule has 4 N–H and O–H groups in total. The van der Waals surface area contributed by atoms with Gasteiger partial charge in [-0.1, -0.05) is 11.6 Å². The average Bonchev–Trinajstić information content (AvgIpc) is 3.90. The van der Waals surface area contributed by atoms with Crippen LogP contribution in [0.4, 0.5) is 5.69 Å². The van der Waals surface area contributed by atoms with Crippen molar-refractivity contribution in [3.8, 4) is 11.5 Å². The van der Waals surface area contributed by atoms with Gasteiger partial charge in [0, 0.05) is 42.2 Å². The molecule has 0 aromatic heterocycles. The van der Waals surface area contributed by atoms with E-state index in [1.807, 2.05) is 13.0 Å². The number of fused-ring (bicyclic) bond motifs is 1. The molecule has 0 amide bonds. The van der Waals surface area contributed by atoms with Crippen LogP contribution in [0.3, 0.4) is 0 Å². The minimum absolute atomic E-state index is 0.0159. The standard InChI is InChI=1S/C48H53NO13/c1-22-14-30-31(16-24-6-7-25(15-24)47(56)61-12-10-58-3)45(55)39-33(54)19-28(21-51)35-36-27(20-50)18-32(53)38-41(36)42(37(30)40(35)39)43(34(22)23(2)52)46(60-5)44(38)49-29-9-8-26(17-29)48(57)62-13-11-59-4/h14,18-19,24-26,29,34,49-51,55H,6-13,15-17,20-21H2,1-5H3. The van der Waals surface area contributed by atoms with E-state index in [1.54, 1.807) is 0 Å². The van der Waals surface area contributed by atoms with Gasteiger partial charge in [0.15, 0.2) is 10.9 Å². The molecule has 328 valence electrons. The maximum Gasteiger partial charge on any atom is 0.309 e. The fourth-order valence-electron chi connectivity index (χ4n) is 10.8. The number of hydrogen-bond acceptors (Lipinski definition) is 14. The van der Waals surface area contributed by atoms with Crippen molar-refractivity contribution in [3.05, 3.63) is 66.0 Å². The van der Waals surface area contributed by atoms with E-state index in [2.05, 4.69) is 5.32 Å². The Labute approximate surface area is 357 Å². The van der Waals surface area contributed by atoms with Gasteiger partial charge in [-0.2, -0.15) is 0 Å². The van der Waals surface area contributed by atoms with Crippen LogP contribution in [-0.2, 0) is 53.0 Å². The summed E-state index contributed by atoms with van der Waals surface area (Å²) in [5.41, 5.74) is 1.96. The van der Waals surface area contributed by atoms with E-state index >= 15 is 0 Å². The molecule has 0 radical (unpaired) electrons. The SMILES string of the molecule is COCCOC(=O)C1CCC(Cc2c(O)c3c(=O)cc(CO)c4c5c(CO)cc(=O)c6c(NC7CCC(C(=O)OCCOC)C7)c(OC)c7c(c(c2C=C(C)C7C(C)=O)c34)c65)C1. The number of phenolic OH excluding ortho intramolecular Hbond substituents is 1. The topological polar surface area (TPSA) is 204 Å². The Balaban J connectivity index is 1.44. The highest BCUT2D eigenvalue weighted by Gasteiger charge is 2.40. The third-order valence-electron chi connectivity index (χ3n) is 13.5. The van der Waals surface area contributed by atoms with Crippen molar-refractivity contribution in [2.24, 2.45) is 17.8 Å². The van der Waals surface area contributed by atoms with E-state index in [9.17, 15) is 39.3 Å². The predicted octanol–water partition coefficient (Wildman–Crippen LogP) is 5.60. The van der Waals surface area contributed by atoms with Crippen molar-refractivity contribution >= 4 is 72.6 Å². The van der Waals surface area contributed by atoms with Gasteiger partial charge in [0.1, 0.15) is 30.5 Å². The van der Waals surface area contributed by atoms with Gasteiger partial charge in [0.05, 0.1) is 67.8 Å². The van der Waals surface area contributed by atoms with Gasteiger partial charge >= 0.3 is 11.9 Å². The molecule has 0 spiro atoms. The second kappa shape index (κ2) is 17.4. The number of aliphatic hydroxyl groups excluding tert-OH is 2. The Kier molecular flexibility index (Phi) is 12.1. The number of ketones is 1. The number of aliphatic hydroxyl groups is 2. The van der Waals surface area contributed by atoms with E-state index in [0.717, 1.165) is 0 Å². The summed E-state index contributed by atoms with van der Waals surface area (Å²) in [5.74, 6) is -2.60. The van der Waals surface area contributed by atoms with E-state index in [1.165, 1.54) is 40.4 Å². The number of carbonyl (C=O) groups is 3. The molecule has 0 heterocycles. The van der Waals surface area contributed by atoms with Gasteiger partial charge < -0.3 is 44.3 Å². The molecule has 3 aliphatic carbocycles. The molecular formula is C48H53NO13. The zero-order valence-electron chi connectivity index (χ0n) is 35.7. The molecule has 14 heteroatoms. The number of anilines is 1. The third kappa shape index (κ3) is 7.10. The summed E-state index contributed by atoms with van der Waals surface area (Å²) < 4.78 is 27.3. The fourth-order valence-corrected chi connectivity index (χ4v) is 10.8. The van der Waals surface area contributed by atoms with E-state index in [-0.39, 0.29) is 95.4 Å². The maximum absolute atomic E-state index is 14.7. The highest BCUT2D eigenvalue weighted by Crippen LogP contribution is 2.56. The fraction of sp³-hybridized carbons (Fsp3) is 0.479. The lowest BCUT2D eigenvalue weighted by atomic mass is 9.78. The van der Waals surface area contributed by atoms with Crippen molar-refractivity contribution in [3.63, 3.8) is 0 Å². The number of ether oxygens (including phenoxy) is 5. The Bertz CT molecular complexity index is 2760. The number of allylic oxidation sites excluding steroid dienone is 1. The first-order chi connectivity index (χ1) is 29.9. The van der Waals surface area contributed by atoms with Gasteiger partial charge in [-0.15, -0.1) is 0 Å². The van der Waals surface area contributed by atoms with Crippen LogP contribution in [0.2, 0.25) is 0 Å². The molecule has 0 bridgehead atoms. The van der Waals surface area contributed by atoms with Crippen molar-refractivity contribution in [1.29, 1.82) is 0 Å². The Morgan fingerprint density at radius 2 is 1.31 bits per heavy atom. The first-order valence-corrected chi connectivity index (χ1v) is 21.3. The van der Waals surface area contributed by atoms with Crippen molar-refractivity contribution in [2.45, 2.75) is 84.0 Å². The van der Waals surface area contributed by atoms with Crippen LogP contribution in [0.1, 0.15) is 86.1 Å². The molecular weight excluding hydrogens is 799 g/mol. The van der Waals surface area contributed by atoms with Crippen LogP contribution in [-0.4, -0.2) is 86.8 Å². The number of methoxy groups -OCH3 is 3. The molecule has 5 aromatic rings. The molecule has 0 aliphatic heterocycles. The minimum atomic E-state index is -0.915. The Morgan fingerprint density at radius 3 is 1.89 bits per heavy atom. The number of nitrogens with one attached hydrogen (secondary N) is 1. The summed E-state index contributed by atoms with van der Waals surface area (Å²) in [6.07, 6.45) is 5.41. The highest BCUT2D eigenvalue weighted by molar-refractivity contribution is 6.39. The molecule has 62 heavy (non-hydrogen) atoms. The highest BCUT2D eigenvalue weighted by atomic mass is 16.6. The van der Waals surface area contributed by atoms with E-state index < -0.39 is 35.9 Å². The smallest absolute Gasteiger partial charge is 0.309 e. The third-order valence-corrected chi connectivity index (χ3v) is 13.5. The van der Waals surface area contributed by atoms with E-state index in [4.69, 9.17) is 23.7 Å². The van der Waals surface area contributed by atoms with Crippen LogP contribution in [0, 0.1) is 17.8 Å². The average molecular weight is 852 g/mol. The van der Waals surface area contributed by atoms with Crippen molar-refractivity contribution in [1.82, 2.24) is 0 Å². The van der Waals surface area contributed by atoms with Crippen molar-refractivity contribution < 1.29 is 53.4 Å². The zero-order valence-corrected chi connectivity index (χ0v) is 35.7. The van der Waals surface area contributed by atoms with Gasteiger partial charge in [-0.05, 0) is 115 Å². The number of carbonyl (C=O) groups excluding carboxylic acids is 3. The van der Waals surface area contributed by atoms with Crippen molar-refractivity contribution in [2.75, 3.05) is 53.1 Å². The molecule has 2 fully saturated rings. The first-order valence-electron chi connectivity index (χ1n) is 21.3. The van der Waals surface area contributed by atoms with Gasteiger partial charge in [0.25, 0.3) is 0 Å².